The summed E-state index contributed by atoms with van der Waals surface area (Å²) in [6.45, 7) is 5.27. The van der Waals surface area contributed by atoms with Crippen LogP contribution < -0.4 is 0 Å². The molecule has 0 spiro atoms. The average molecular weight is 422 g/mol. The van der Waals surface area contributed by atoms with Crippen molar-refractivity contribution in [2.24, 2.45) is 4.99 Å². The Bertz CT molecular complexity index is 1110. The van der Waals surface area contributed by atoms with Gasteiger partial charge in [-0.25, -0.2) is 0 Å². The van der Waals surface area contributed by atoms with Crippen LogP contribution in [0.4, 0.5) is 8.63 Å². The number of hydrogen-bond donors (Lipinski definition) is 3. The van der Waals surface area contributed by atoms with Crippen LogP contribution in [0.1, 0.15) is 30.8 Å². The highest BCUT2D eigenvalue weighted by molar-refractivity contribution is 7.91. The highest BCUT2D eigenvalue weighted by Gasteiger charge is 2.33. The van der Waals surface area contributed by atoms with Gasteiger partial charge in [0, 0.05) is 23.3 Å². The topological polar surface area (TPSA) is 137 Å². The van der Waals surface area contributed by atoms with Crippen molar-refractivity contribution in [2.45, 2.75) is 38.9 Å². The number of hydrogen-bond acceptors (Lipinski definition) is 5. The van der Waals surface area contributed by atoms with Gasteiger partial charge in [0.2, 0.25) is 0 Å². The van der Waals surface area contributed by atoms with Crippen molar-refractivity contribution in [3.63, 3.8) is 0 Å². The molecule has 0 amide bonds. The third-order valence-corrected chi connectivity index (χ3v) is 6.38. The summed E-state index contributed by atoms with van der Waals surface area (Å²) in [6.07, 6.45) is -0.853. The van der Waals surface area contributed by atoms with Gasteiger partial charge in [-0.1, -0.05) is 0 Å². The van der Waals surface area contributed by atoms with E-state index in [0.717, 1.165) is 0 Å². The third kappa shape index (κ3) is 4.05. The van der Waals surface area contributed by atoms with Gasteiger partial charge in [-0.2, -0.15) is 16.8 Å². The third-order valence-electron chi connectivity index (χ3n) is 4.13. The number of nitrogens with zero attached hydrogens (tertiary/aromatic N) is 1. The van der Waals surface area contributed by atoms with Crippen molar-refractivity contribution in [1.29, 1.82) is 0 Å². The normalized spacial score (nSPS) is 17.4. The molecule has 0 saturated carbocycles. The van der Waals surface area contributed by atoms with Crippen molar-refractivity contribution in [3.05, 3.63) is 33.1 Å². The van der Waals surface area contributed by atoms with Crippen molar-refractivity contribution in [2.75, 3.05) is 0 Å². The molecule has 0 aromatic carbocycles. The molecule has 2 heterocycles. The maximum atomic E-state index is 13.2. The van der Waals surface area contributed by atoms with E-state index in [-0.39, 0.29) is 39.5 Å². The molecule has 27 heavy (non-hydrogen) atoms. The van der Waals surface area contributed by atoms with Crippen LogP contribution in [0.15, 0.2) is 26.1 Å². The molecule has 13 heteroatoms. The summed E-state index contributed by atoms with van der Waals surface area (Å²) in [5.74, 6) is 0. The van der Waals surface area contributed by atoms with E-state index in [1.165, 1.54) is 27.7 Å². The Morgan fingerprint density at radius 1 is 1.07 bits per heavy atom. The molecule has 0 unspecified atom stereocenters. The van der Waals surface area contributed by atoms with E-state index >= 15 is 0 Å². The van der Waals surface area contributed by atoms with Crippen LogP contribution in [-0.4, -0.2) is 43.9 Å². The number of allylic oxidation sites excluding steroid dienone is 3. The second-order valence-corrected chi connectivity index (χ2v) is 8.82. The summed E-state index contributed by atoms with van der Waals surface area (Å²) < 4.78 is 91.4. The molecule has 1 aromatic rings. The van der Waals surface area contributed by atoms with Gasteiger partial charge in [-0.15, -0.1) is 0 Å². The standard InChI is InChI=1S/C14H17BF2N2O6S2/c1-6-11(18-8(3)13(6)26(20,21)22)10(5-15(16)17)12-7(2)14(9(4)19-12)27(23,24)25/h18H,5H2,1-4H3,(H,20,21,22)(H,23,24,25)/b12-10-. The second-order valence-electron chi connectivity index (χ2n) is 6.10. The predicted molar refractivity (Wildman–Crippen MR) is 97.1 cm³/mol. The highest BCUT2D eigenvalue weighted by atomic mass is 32.2. The fourth-order valence-electron chi connectivity index (χ4n) is 3.25. The molecule has 0 fully saturated rings. The number of aromatic nitrogens is 1. The van der Waals surface area contributed by atoms with E-state index in [1.54, 1.807) is 0 Å². The molecule has 0 aliphatic carbocycles. The zero-order valence-electron chi connectivity index (χ0n) is 14.8. The van der Waals surface area contributed by atoms with E-state index in [9.17, 15) is 34.6 Å². The fraction of sp³-hybridized carbons (Fsp3) is 0.357. The van der Waals surface area contributed by atoms with Crippen molar-refractivity contribution in [1.82, 2.24) is 4.98 Å². The molecule has 8 nitrogen and oxygen atoms in total. The molecule has 0 radical (unpaired) electrons. The molecule has 2 rings (SSSR count). The first-order chi connectivity index (χ1) is 12.2. The number of H-pyrrole nitrogens is 1. The smallest absolute Gasteiger partial charge is 0.357 e. The lowest BCUT2D eigenvalue weighted by Gasteiger charge is -2.10. The van der Waals surface area contributed by atoms with Crippen LogP contribution in [0.25, 0.3) is 5.57 Å². The van der Waals surface area contributed by atoms with Crippen LogP contribution in [0, 0.1) is 13.8 Å². The lowest BCUT2D eigenvalue weighted by Crippen LogP contribution is -2.08. The fourth-order valence-corrected chi connectivity index (χ4v) is 5.08. The van der Waals surface area contributed by atoms with E-state index in [0.29, 0.717) is 0 Å². The number of aromatic amines is 1. The van der Waals surface area contributed by atoms with Crippen molar-refractivity contribution in [3.8, 4) is 0 Å². The molecule has 0 bridgehead atoms. The predicted octanol–water partition coefficient (Wildman–Crippen LogP) is 2.65. The summed E-state index contributed by atoms with van der Waals surface area (Å²) in [4.78, 5) is 5.73. The number of nitrogens with one attached hydrogen (secondary N) is 1. The van der Waals surface area contributed by atoms with E-state index < -0.39 is 43.6 Å². The first-order valence-electron chi connectivity index (χ1n) is 7.59. The molecular weight excluding hydrogens is 405 g/mol. The van der Waals surface area contributed by atoms with Crippen LogP contribution in [0.2, 0.25) is 6.32 Å². The highest BCUT2D eigenvalue weighted by Crippen LogP contribution is 2.39. The van der Waals surface area contributed by atoms with E-state index in [4.69, 9.17) is 0 Å². The zero-order valence-corrected chi connectivity index (χ0v) is 16.5. The van der Waals surface area contributed by atoms with Gasteiger partial charge in [0.1, 0.15) is 9.80 Å². The molecule has 3 N–H and O–H groups in total. The molecule has 0 atom stereocenters. The Morgan fingerprint density at radius 3 is 2.00 bits per heavy atom. The maximum absolute atomic E-state index is 13.2. The summed E-state index contributed by atoms with van der Waals surface area (Å²) in [5.41, 5.74) is -0.323. The molecule has 1 aliphatic rings. The molecular formula is C14H17BF2N2O6S2. The van der Waals surface area contributed by atoms with Crippen LogP contribution in [-0.2, 0) is 20.2 Å². The Balaban J connectivity index is 2.89. The quantitative estimate of drug-likeness (QED) is 0.493. The van der Waals surface area contributed by atoms with E-state index in [1.807, 2.05) is 0 Å². The minimum absolute atomic E-state index is 0.000825. The van der Waals surface area contributed by atoms with Gasteiger partial charge in [0.05, 0.1) is 11.4 Å². The van der Waals surface area contributed by atoms with Crippen molar-refractivity contribution >= 4 is 38.8 Å². The summed E-state index contributed by atoms with van der Waals surface area (Å²) in [6, 6.07) is 0. The van der Waals surface area contributed by atoms with Crippen LogP contribution in [0.5, 0.6) is 0 Å². The van der Waals surface area contributed by atoms with E-state index in [2.05, 4.69) is 9.98 Å². The summed E-state index contributed by atoms with van der Waals surface area (Å²) in [7, 11) is -12.1. The molecule has 148 valence electrons. The molecule has 1 aliphatic heterocycles. The lowest BCUT2D eigenvalue weighted by molar-refractivity contribution is 0.481. The Hall–Kier alpha value is -1.83. The number of rotatable bonds is 5. The van der Waals surface area contributed by atoms with Gasteiger partial charge >= 0.3 is 7.27 Å². The van der Waals surface area contributed by atoms with Crippen LogP contribution in [0.3, 0.4) is 0 Å². The van der Waals surface area contributed by atoms with Crippen molar-refractivity contribution < 1.29 is 34.6 Å². The molecule has 1 aromatic heterocycles. The Kier molecular flexibility index (Phi) is 5.54. The van der Waals surface area contributed by atoms with Gasteiger partial charge in [0.25, 0.3) is 20.2 Å². The summed E-state index contributed by atoms with van der Waals surface area (Å²) >= 11 is 0. The largest absolute Gasteiger partial charge is 0.542 e. The number of halogens is 2. The lowest BCUT2D eigenvalue weighted by atomic mass is 9.83. The van der Waals surface area contributed by atoms with Gasteiger partial charge in [0.15, 0.2) is 0 Å². The minimum Gasteiger partial charge on any atom is -0.357 e. The minimum atomic E-state index is -4.63. The SMILES string of the molecule is CC1=N/C(=C(/CB(F)F)c2[nH]c(C)c(S(=O)(=O)O)c2C)C(C)=C1S(=O)(=O)O. The Morgan fingerprint density at radius 2 is 1.63 bits per heavy atom. The first kappa shape index (κ1) is 21.5. The summed E-state index contributed by atoms with van der Waals surface area (Å²) in [5, 5.41) is 0. The molecule has 0 saturated heterocycles. The second kappa shape index (κ2) is 6.97. The van der Waals surface area contributed by atoms with Gasteiger partial charge < -0.3 is 4.98 Å². The van der Waals surface area contributed by atoms with Crippen LogP contribution >= 0.6 is 0 Å². The van der Waals surface area contributed by atoms with Gasteiger partial charge in [-0.3, -0.25) is 22.7 Å². The monoisotopic (exact) mass is 422 g/mol. The average Bonchev–Trinajstić information content (AvgIpc) is 2.91. The zero-order chi connectivity index (χ0) is 20.9. The first-order valence-corrected chi connectivity index (χ1v) is 10.5. The Labute approximate surface area is 155 Å². The maximum Gasteiger partial charge on any atom is 0.542 e. The number of aliphatic imine (C=N–C) groups is 1. The van der Waals surface area contributed by atoms with Gasteiger partial charge in [-0.05, 0) is 38.8 Å². The number of aryl methyl sites for hydroxylation is 1.